The van der Waals surface area contributed by atoms with Gasteiger partial charge in [0.05, 0.1) is 23.0 Å². The molecule has 6 nitrogen and oxygen atoms in total. The van der Waals surface area contributed by atoms with E-state index in [0.717, 1.165) is 6.07 Å². The molecule has 0 heterocycles. The Hall–Kier alpha value is -1.67. The highest BCUT2D eigenvalue weighted by Crippen LogP contribution is 2.13. The van der Waals surface area contributed by atoms with E-state index in [9.17, 15) is 22.7 Å². The number of halogens is 1. The minimum absolute atomic E-state index is 0.0214. The molecule has 0 aliphatic heterocycles. The first-order valence-electron chi connectivity index (χ1n) is 6.75. The molecular formula is C14H21FN2O4S. The lowest BCUT2D eigenvalue weighted by Gasteiger charge is -2.19. The summed E-state index contributed by atoms with van der Waals surface area (Å²) in [5.74, 6) is -2.29. The summed E-state index contributed by atoms with van der Waals surface area (Å²) in [6, 6.07) is 5.05. The fourth-order valence-electron chi connectivity index (χ4n) is 1.66. The minimum Gasteiger partial charge on any atom is -0.389 e. The molecule has 1 unspecified atom stereocenters. The molecule has 0 radical (unpaired) electrons. The van der Waals surface area contributed by atoms with Gasteiger partial charge in [0.2, 0.25) is 15.9 Å². The van der Waals surface area contributed by atoms with E-state index < -0.39 is 39.0 Å². The van der Waals surface area contributed by atoms with Gasteiger partial charge in [0.15, 0.2) is 0 Å². The molecule has 22 heavy (non-hydrogen) atoms. The van der Waals surface area contributed by atoms with Crippen LogP contribution in [0.4, 0.5) is 10.1 Å². The number of anilines is 1. The summed E-state index contributed by atoms with van der Waals surface area (Å²) in [5.41, 5.74) is -0.974. The predicted molar refractivity (Wildman–Crippen MR) is 82.3 cm³/mol. The number of carbonyl (C=O) groups is 1. The topological polar surface area (TPSA) is 95.5 Å². The summed E-state index contributed by atoms with van der Waals surface area (Å²) in [6.07, 6.45) is 0. The first-order valence-corrected chi connectivity index (χ1v) is 8.40. The van der Waals surface area contributed by atoms with Crippen LogP contribution in [0.2, 0.25) is 0 Å². The monoisotopic (exact) mass is 332 g/mol. The maximum Gasteiger partial charge on any atom is 0.233 e. The second-order valence-electron chi connectivity index (χ2n) is 5.83. The Labute approximate surface area is 129 Å². The van der Waals surface area contributed by atoms with Gasteiger partial charge in [-0.05, 0) is 32.0 Å². The van der Waals surface area contributed by atoms with E-state index in [1.165, 1.54) is 39.0 Å². The van der Waals surface area contributed by atoms with E-state index in [1.54, 1.807) is 0 Å². The largest absolute Gasteiger partial charge is 0.389 e. The van der Waals surface area contributed by atoms with Gasteiger partial charge in [-0.2, -0.15) is 0 Å². The molecule has 0 saturated heterocycles. The average Bonchev–Trinajstić information content (AvgIpc) is 2.33. The van der Waals surface area contributed by atoms with Gasteiger partial charge < -0.3 is 10.4 Å². The molecule has 3 N–H and O–H groups in total. The normalized spacial score (nSPS) is 13.5. The minimum atomic E-state index is -3.79. The van der Waals surface area contributed by atoms with Gasteiger partial charge in [-0.1, -0.05) is 13.0 Å². The second-order valence-corrected chi connectivity index (χ2v) is 7.59. The van der Waals surface area contributed by atoms with Gasteiger partial charge in [0, 0.05) is 6.54 Å². The van der Waals surface area contributed by atoms with Gasteiger partial charge in [-0.25, -0.2) is 12.8 Å². The molecule has 0 fully saturated rings. The van der Waals surface area contributed by atoms with Crippen molar-refractivity contribution in [1.29, 1.82) is 0 Å². The standard InChI is InChI=1S/C14H21FN2O4S/c1-10(13(18)16-9-14(2,3)19)8-22(20,21)17-12-6-4-5-11(15)7-12/h4-7,10,17,19H,8-9H2,1-3H3,(H,16,18). The molecule has 1 aromatic carbocycles. The molecule has 124 valence electrons. The highest BCUT2D eigenvalue weighted by atomic mass is 32.2. The molecule has 0 aliphatic rings. The van der Waals surface area contributed by atoms with Crippen molar-refractivity contribution in [2.24, 2.45) is 5.92 Å². The number of amides is 1. The SMILES string of the molecule is CC(CS(=O)(=O)Nc1cccc(F)c1)C(=O)NCC(C)(C)O. The van der Waals surface area contributed by atoms with Crippen molar-refractivity contribution in [3.63, 3.8) is 0 Å². The highest BCUT2D eigenvalue weighted by molar-refractivity contribution is 7.92. The molecule has 1 rings (SSSR count). The summed E-state index contributed by atoms with van der Waals surface area (Å²) in [6.45, 7) is 4.54. The van der Waals surface area contributed by atoms with E-state index in [-0.39, 0.29) is 12.2 Å². The zero-order chi connectivity index (χ0) is 17.0. The fraction of sp³-hybridized carbons (Fsp3) is 0.500. The average molecular weight is 332 g/mol. The lowest BCUT2D eigenvalue weighted by atomic mass is 10.1. The van der Waals surface area contributed by atoms with Crippen molar-refractivity contribution in [2.75, 3.05) is 17.0 Å². The van der Waals surface area contributed by atoms with Crippen molar-refractivity contribution in [2.45, 2.75) is 26.4 Å². The van der Waals surface area contributed by atoms with Crippen LogP contribution in [0.5, 0.6) is 0 Å². The van der Waals surface area contributed by atoms with Crippen LogP contribution in [-0.2, 0) is 14.8 Å². The summed E-state index contributed by atoms with van der Waals surface area (Å²) in [5, 5.41) is 12.0. The Balaban J connectivity index is 2.62. The molecular weight excluding hydrogens is 311 g/mol. The Bertz CT molecular complexity index is 626. The lowest BCUT2D eigenvalue weighted by molar-refractivity contribution is -0.124. The smallest absolute Gasteiger partial charge is 0.233 e. The van der Waals surface area contributed by atoms with Crippen molar-refractivity contribution < 1.29 is 22.7 Å². The molecule has 0 aliphatic carbocycles. The van der Waals surface area contributed by atoms with Crippen LogP contribution in [0, 0.1) is 11.7 Å². The maximum atomic E-state index is 13.0. The first-order chi connectivity index (χ1) is 9.98. The Morgan fingerprint density at radius 1 is 1.41 bits per heavy atom. The number of hydrogen-bond donors (Lipinski definition) is 3. The molecule has 8 heteroatoms. The van der Waals surface area contributed by atoms with Crippen LogP contribution in [0.1, 0.15) is 20.8 Å². The summed E-state index contributed by atoms with van der Waals surface area (Å²) < 4.78 is 39.2. The Morgan fingerprint density at radius 2 is 2.05 bits per heavy atom. The summed E-state index contributed by atoms with van der Waals surface area (Å²) >= 11 is 0. The first kappa shape index (κ1) is 18.4. The number of hydrogen-bond acceptors (Lipinski definition) is 4. The summed E-state index contributed by atoms with van der Waals surface area (Å²) in [7, 11) is -3.79. The second kappa shape index (κ2) is 7.06. The van der Waals surface area contributed by atoms with Crippen LogP contribution < -0.4 is 10.0 Å². The molecule has 0 bridgehead atoms. The molecule has 0 saturated carbocycles. The molecule has 0 aromatic heterocycles. The van der Waals surface area contributed by atoms with Gasteiger partial charge in [0.25, 0.3) is 0 Å². The third-order valence-corrected chi connectivity index (χ3v) is 4.20. The number of nitrogens with one attached hydrogen (secondary N) is 2. The predicted octanol–water partition coefficient (Wildman–Crippen LogP) is 1.09. The van der Waals surface area contributed by atoms with E-state index in [0.29, 0.717) is 0 Å². The van der Waals surface area contributed by atoms with Crippen molar-refractivity contribution >= 4 is 21.6 Å². The highest BCUT2D eigenvalue weighted by Gasteiger charge is 2.23. The maximum absolute atomic E-state index is 13.0. The van der Waals surface area contributed by atoms with Gasteiger partial charge >= 0.3 is 0 Å². The number of sulfonamides is 1. The van der Waals surface area contributed by atoms with Gasteiger partial charge in [-0.15, -0.1) is 0 Å². The Kier molecular flexibility index (Phi) is 5.90. The van der Waals surface area contributed by atoms with E-state index >= 15 is 0 Å². The zero-order valence-electron chi connectivity index (χ0n) is 12.8. The van der Waals surface area contributed by atoms with Crippen LogP contribution in [0.25, 0.3) is 0 Å². The van der Waals surface area contributed by atoms with Crippen LogP contribution in [0.3, 0.4) is 0 Å². The Morgan fingerprint density at radius 3 is 2.59 bits per heavy atom. The van der Waals surface area contributed by atoms with E-state index in [4.69, 9.17) is 0 Å². The van der Waals surface area contributed by atoms with Crippen LogP contribution in [0.15, 0.2) is 24.3 Å². The van der Waals surface area contributed by atoms with E-state index in [2.05, 4.69) is 10.0 Å². The lowest BCUT2D eigenvalue weighted by Crippen LogP contribution is -2.42. The van der Waals surface area contributed by atoms with Crippen molar-refractivity contribution in [3.05, 3.63) is 30.1 Å². The number of rotatable bonds is 7. The van der Waals surface area contributed by atoms with Crippen LogP contribution >= 0.6 is 0 Å². The molecule has 0 spiro atoms. The van der Waals surface area contributed by atoms with Gasteiger partial charge in [0.1, 0.15) is 5.82 Å². The number of aliphatic hydroxyl groups is 1. The van der Waals surface area contributed by atoms with Crippen molar-refractivity contribution in [3.8, 4) is 0 Å². The number of carbonyl (C=O) groups excluding carboxylic acids is 1. The summed E-state index contributed by atoms with van der Waals surface area (Å²) in [4.78, 5) is 11.8. The van der Waals surface area contributed by atoms with Gasteiger partial charge in [-0.3, -0.25) is 9.52 Å². The van der Waals surface area contributed by atoms with Crippen LogP contribution in [-0.4, -0.2) is 37.3 Å². The molecule has 1 amide bonds. The fourth-order valence-corrected chi connectivity index (χ4v) is 3.03. The molecule has 1 atom stereocenters. The quantitative estimate of drug-likeness (QED) is 0.696. The zero-order valence-corrected chi connectivity index (χ0v) is 13.6. The van der Waals surface area contributed by atoms with E-state index in [1.807, 2.05) is 0 Å². The number of benzene rings is 1. The third-order valence-electron chi connectivity index (χ3n) is 2.71. The molecule has 1 aromatic rings. The van der Waals surface area contributed by atoms with Crippen molar-refractivity contribution in [1.82, 2.24) is 5.32 Å². The third kappa shape index (κ3) is 6.86.